The van der Waals surface area contributed by atoms with Crippen molar-refractivity contribution in [3.8, 4) is 0 Å². The van der Waals surface area contributed by atoms with E-state index in [-0.39, 0.29) is 23.3 Å². The molecule has 0 aliphatic carbocycles. The van der Waals surface area contributed by atoms with Gasteiger partial charge in [-0.2, -0.15) is 16.1 Å². The van der Waals surface area contributed by atoms with Crippen LogP contribution >= 0.6 is 23.4 Å². The largest absolute Gasteiger partial charge is 0.447 e. The van der Waals surface area contributed by atoms with Gasteiger partial charge < -0.3 is 4.42 Å². The second-order valence-corrected chi connectivity index (χ2v) is 9.77. The summed E-state index contributed by atoms with van der Waals surface area (Å²) in [6.07, 6.45) is 1.04. The number of hydrogen-bond donors (Lipinski definition) is 0. The molecule has 0 aromatic carbocycles. The topological polar surface area (TPSA) is 84.7 Å². The van der Waals surface area contributed by atoms with Crippen LogP contribution in [-0.4, -0.2) is 50.8 Å². The van der Waals surface area contributed by atoms with E-state index < -0.39 is 25.2 Å². The molecule has 0 amide bonds. The summed E-state index contributed by atoms with van der Waals surface area (Å²) < 4.78 is 54.7. The van der Waals surface area contributed by atoms with Crippen LogP contribution in [-0.2, 0) is 25.7 Å². The predicted octanol–water partition coefficient (Wildman–Crippen LogP) is 1.13. The lowest BCUT2D eigenvalue weighted by atomic mass is 10.5. The monoisotopic (exact) mass is 359 g/mol. The van der Waals surface area contributed by atoms with E-state index in [1.165, 1.54) is 23.9 Å². The molecule has 2 heterocycles. The molecule has 1 unspecified atom stereocenters. The Labute approximate surface area is 127 Å². The van der Waals surface area contributed by atoms with Crippen LogP contribution in [0.3, 0.4) is 0 Å². The fraction of sp³-hybridized carbons (Fsp3) is 0.600. The molecule has 20 heavy (non-hydrogen) atoms. The average Bonchev–Trinajstić information content (AvgIpc) is 2.87. The number of alkyl halides is 1. The summed E-state index contributed by atoms with van der Waals surface area (Å²) in [6, 6.07) is 2.77. The Kier molecular flexibility index (Phi) is 4.75. The third-order valence-corrected chi connectivity index (χ3v) is 7.69. The Balaban J connectivity index is 2.40. The van der Waals surface area contributed by atoms with E-state index in [1.807, 2.05) is 0 Å². The molecule has 2 rings (SSSR count). The first-order chi connectivity index (χ1) is 9.26. The van der Waals surface area contributed by atoms with Crippen molar-refractivity contribution in [1.82, 2.24) is 4.31 Å². The van der Waals surface area contributed by atoms with Crippen molar-refractivity contribution in [2.45, 2.75) is 16.3 Å². The quantitative estimate of drug-likeness (QED) is 0.749. The van der Waals surface area contributed by atoms with E-state index in [0.29, 0.717) is 11.5 Å². The smallest absolute Gasteiger partial charge is 0.277 e. The molecule has 114 valence electrons. The minimum atomic E-state index is -3.97. The molecule has 1 aromatic heterocycles. The molecular formula is C10H14ClNO5S3. The van der Waals surface area contributed by atoms with Crippen molar-refractivity contribution in [1.29, 1.82) is 0 Å². The lowest BCUT2D eigenvalue weighted by molar-refractivity contribution is 0.368. The number of nitrogens with zero attached hydrogens (tertiary/aromatic N) is 1. The van der Waals surface area contributed by atoms with E-state index in [4.69, 9.17) is 16.0 Å². The van der Waals surface area contributed by atoms with Crippen LogP contribution in [0.1, 0.15) is 5.76 Å². The van der Waals surface area contributed by atoms with Gasteiger partial charge in [-0.05, 0) is 12.1 Å². The summed E-state index contributed by atoms with van der Waals surface area (Å²) in [5.74, 6) is 1.16. The molecule has 10 heteroatoms. The average molecular weight is 360 g/mol. The van der Waals surface area contributed by atoms with Crippen molar-refractivity contribution in [3.63, 3.8) is 0 Å². The minimum absolute atomic E-state index is 0.0564. The van der Waals surface area contributed by atoms with Gasteiger partial charge in [0.05, 0.1) is 5.88 Å². The summed E-state index contributed by atoms with van der Waals surface area (Å²) in [6.45, 7) is 0.141. The maximum absolute atomic E-state index is 12.5. The molecule has 0 radical (unpaired) electrons. The predicted molar refractivity (Wildman–Crippen MR) is 78.1 cm³/mol. The van der Waals surface area contributed by atoms with E-state index in [0.717, 1.165) is 10.6 Å². The number of halogens is 1. The van der Waals surface area contributed by atoms with E-state index in [1.54, 1.807) is 0 Å². The highest BCUT2D eigenvalue weighted by atomic mass is 35.5. The molecule has 6 nitrogen and oxygen atoms in total. The molecule has 1 aliphatic heterocycles. The van der Waals surface area contributed by atoms with Gasteiger partial charge in [0, 0.05) is 24.3 Å². The molecule has 1 aromatic rings. The molecular weight excluding hydrogens is 346 g/mol. The van der Waals surface area contributed by atoms with Gasteiger partial charge in [-0.25, -0.2) is 16.8 Å². The lowest BCUT2D eigenvalue weighted by Gasteiger charge is -2.32. The van der Waals surface area contributed by atoms with E-state index >= 15 is 0 Å². The van der Waals surface area contributed by atoms with E-state index in [9.17, 15) is 16.8 Å². The van der Waals surface area contributed by atoms with Crippen LogP contribution in [0.2, 0.25) is 0 Å². The maximum Gasteiger partial charge on any atom is 0.277 e. The molecule has 1 aliphatic rings. The van der Waals surface area contributed by atoms with Gasteiger partial charge in [0.1, 0.15) is 11.1 Å². The van der Waals surface area contributed by atoms with Gasteiger partial charge in [0.2, 0.25) is 5.09 Å². The first-order valence-corrected chi connectivity index (χ1v) is 10.8. The van der Waals surface area contributed by atoms with Crippen LogP contribution in [0.5, 0.6) is 0 Å². The number of furan rings is 1. The van der Waals surface area contributed by atoms with Crippen LogP contribution in [0.25, 0.3) is 0 Å². The number of thioether (sulfide) groups is 1. The number of hydrogen-bond acceptors (Lipinski definition) is 6. The summed E-state index contributed by atoms with van der Waals surface area (Å²) in [4.78, 5) is 0. The van der Waals surface area contributed by atoms with Crippen LogP contribution < -0.4 is 0 Å². The van der Waals surface area contributed by atoms with Gasteiger partial charge in [0.15, 0.2) is 9.84 Å². The van der Waals surface area contributed by atoms with Crippen molar-refractivity contribution in [3.05, 3.63) is 17.9 Å². The maximum atomic E-state index is 12.5. The van der Waals surface area contributed by atoms with Crippen molar-refractivity contribution >= 4 is 43.2 Å². The lowest BCUT2D eigenvalue weighted by Crippen LogP contribution is -2.49. The second-order valence-electron chi connectivity index (χ2n) is 4.33. The summed E-state index contributed by atoms with van der Waals surface area (Å²) in [7, 11) is -7.47. The third-order valence-electron chi connectivity index (χ3n) is 2.86. The number of sulfone groups is 1. The van der Waals surface area contributed by atoms with Crippen LogP contribution in [0.15, 0.2) is 21.6 Å². The molecule has 0 bridgehead atoms. The Morgan fingerprint density at radius 2 is 2.10 bits per heavy atom. The van der Waals surface area contributed by atoms with Crippen LogP contribution in [0.4, 0.5) is 0 Å². The van der Waals surface area contributed by atoms with Gasteiger partial charge in [-0.1, -0.05) is 0 Å². The van der Waals surface area contributed by atoms with Gasteiger partial charge >= 0.3 is 0 Å². The number of rotatable bonds is 4. The summed E-state index contributed by atoms with van der Waals surface area (Å²) in [5, 5.41) is -1.33. The molecule has 1 fully saturated rings. The highest BCUT2D eigenvalue weighted by molar-refractivity contribution is 8.01. The van der Waals surface area contributed by atoms with Crippen molar-refractivity contribution in [2.24, 2.45) is 0 Å². The Morgan fingerprint density at radius 3 is 2.65 bits per heavy atom. The zero-order valence-electron chi connectivity index (χ0n) is 10.7. The first-order valence-electron chi connectivity index (χ1n) is 5.70. The fourth-order valence-corrected chi connectivity index (χ4v) is 7.11. The Morgan fingerprint density at radius 1 is 1.40 bits per heavy atom. The summed E-state index contributed by atoms with van der Waals surface area (Å²) in [5.41, 5.74) is 0. The normalized spacial score (nSPS) is 22.0. The standard InChI is InChI=1S/C10H14ClNO5S3/c1-19(13,14)9-7-18-5-4-12(9)20(15,16)10-3-2-8(6-11)17-10/h2-3,9H,4-7H2,1H3. The van der Waals surface area contributed by atoms with Gasteiger partial charge in [-0.15, -0.1) is 11.6 Å². The highest BCUT2D eigenvalue weighted by Crippen LogP contribution is 2.28. The molecule has 1 saturated heterocycles. The van der Waals surface area contributed by atoms with Gasteiger partial charge in [0.25, 0.3) is 10.0 Å². The van der Waals surface area contributed by atoms with Gasteiger partial charge in [-0.3, -0.25) is 0 Å². The number of sulfonamides is 1. The highest BCUT2D eigenvalue weighted by Gasteiger charge is 2.40. The van der Waals surface area contributed by atoms with Crippen molar-refractivity contribution < 1.29 is 21.3 Å². The third kappa shape index (κ3) is 3.16. The Hall–Kier alpha value is -0.220. The minimum Gasteiger partial charge on any atom is -0.447 e. The molecule has 0 N–H and O–H groups in total. The first kappa shape index (κ1) is 16.2. The van der Waals surface area contributed by atoms with Crippen molar-refractivity contribution in [2.75, 3.05) is 24.3 Å². The Bertz CT molecular complexity index is 682. The van der Waals surface area contributed by atoms with E-state index in [2.05, 4.69) is 0 Å². The second kappa shape index (κ2) is 5.88. The molecule has 0 saturated carbocycles. The summed E-state index contributed by atoms with van der Waals surface area (Å²) >= 11 is 6.99. The molecule has 0 spiro atoms. The zero-order chi connectivity index (χ0) is 15.0. The fourth-order valence-electron chi connectivity index (χ4n) is 1.86. The molecule has 1 atom stereocenters. The zero-order valence-corrected chi connectivity index (χ0v) is 13.9. The SMILES string of the molecule is CS(=O)(=O)C1CSCCN1S(=O)(=O)c1ccc(CCl)o1. The van der Waals surface area contributed by atoms with Crippen LogP contribution in [0, 0.1) is 0 Å².